The van der Waals surface area contributed by atoms with E-state index in [1.165, 1.54) is 32.1 Å². The number of rotatable bonds is 10. The summed E-state index contributed by atoms with van der Waals surface area (Å²) in [6, 6.07) is 12.8. The Bertz CT molecular complexity index is 803. The van der Waals surface area contributed by atoms with Crippen LogP contribution in [-0.4, -0.2) is 32.8 Å². The molecule has 162 valence electrons. The Hall–Kier alpha value is -2.05. The summed E-state index contributed by atoms with van der Waals surface area (Å²) in [6.07, 6.45) is 7.90. The van der Waals surface area contributed by atoms with Gasteiger partial charge >= 0.3 is 0 Å². The van der Waals surface area contributed by atoms with Crippen LogP contribution < -0.4 is 14.8 Å². The van der Waals surface area contributed by atoms with Crippen molar-refractivity contribution in [2.24, 2.45) is 5.92 Å². The minimum absolute atomic E-state index is 0.176. The fraction of sp³-hybridized carbons (Fsp3) is 0.458. The van der Waals surface area contributed by atoms with E-state index in [0.29, 0.717) is 24.5 Å². The van der Waals surface area contributed by atoms with Gasteiger partial charge in [-0.2, -0.15) is 0 Å². The second-order valence-electron chi connectivity index (χ2n) is 7.61. The van der Waals surface area contributed by atoms with Crippen LogP contribution in [0.4, 0.5) is 5.69 Å². The molecule has 2 aromatic rings. The second kappa shape index (κ2) is 12.0. The summed E-state index contributed by atoms with van der Waals surface area (Å²) >= 11 is 3.45. The van der Waals surface area contributed by atoms with Gasteiger partial charge in [0.1, 0.15) is 18.1 Å². The van der Waals surface area contributed by atoms with Crippen LogP contribution in [0.25, 0.3) is 0 Å². The summed E-state index contributed by atoms with van der Waals surface area (Å²) in [5.41, 5.74) is 1.28. The van der Waals surface area contributed by atoms with Gasteiger partial charge in [0.05, 0.1) is 17.7 Å². The van der Waals surface area contributed by atoms with Gasteiger partial charge in [0.2, 0.25) is 0 Å². The van der Waals surface area contributed by atoms with E-state index in [-0.39, 0.29) is 5.91 Å². The number of halogens is 1. The lowest BCUT2D eigenvalue weighted by Gasteiger charge is -2.21. The Morgan fingerprint density at radius 1 is 1.00 bits per heavy atom. The highest BCUT2D eigenvalue weighted by Crippen LogP contribution is 2.28. The molecular formula is C24H30BrNO4. The number of carbonyl (C=O) groups excluding carboxylic acids is 1. The van der Waals surface area contributed by atoms with Crippen molar-refractivity contribution in [3.05, 3.63) is 52.5 Å². The molecule has 0 aliphatic heterocycles. The van der Waals surface area contributed by atoms with Crippen molar-refractivity contribution in [3.63, 3.8) is 0 Å². The summed E-state index contributed by atoms with van der Waals surface area (Å²) in [4.78, 5) is 12.5. The highest BCUT2D eigenvalue weighted by molar-refractivity contribution is 9.10. The van der Waals surface area contributed by atoms with Gasteiger partial charge in [0, 0.05) is 18.4 Å². The fourth-order valence-electron chi connectivity index (χ4n) is 3.65. The number of amides is 1. The predicted octanol–water partition coefficient (Wildman–Crippen LogP) is 6.08. The third kappa shape index (κ3) is 7.03. The van der Waals surface area contributed by atoms with Crippen LogP contribution in [0.15, 0.2) is 46.9 Å². The van der Waals surface area contributed by atoms with Crippen LogP contribution in [0.3, 0.4) is 0 Å². The number of hydrogen-bond donors (Lipinski definition) is 1. The molecule has 1 aliphatic carbocycles. The molecule has 5 nitrogen and oxygen atoms in total. The van der Waals surface area contributed by atoms with Gasteiger partial charge in [-0.05, 0) is 70.7 Å². The minimum atomic E-state index is -0.176. The molecule has 0 saturated heterocycles. The number of ether oxygens (including phenoxy) is 3. The van der Waals surface area contributed by atoms with E-state index in [2.05, 4.69) is 21.2 Å². The molecule has 0 aromatic heterocycles. The third-order valence-corrected chi connectivity index (χ3v) is 5.99. The van der Waals surface area contributed by atoms with Gasteiger partial charge in [-0.15, -0.1) is 0 Å². The van der Waals surface area contributed by atoms with Crippen LogP contribution in [0.1, 0.15) is 48.9 Å². The van der Waals surface area contributed by atoms with E-state index in [1.54, 1.807) is 25.3 Å². The normalized spacial score (nSPS) is 14.3. The van der Waals surface area contributed by atoms with Crippen LogP contribution in [0.5, 0.6) is 11.5 Å². The van der Waals surface area contributed by atoms with Crippen molar-refractivity contribution in [1.82, 2.24) is 0 Å². The van der Waals surface area contributed by atoms with E-state index in [4.69, 9.17) is 14.2 Å². The molecular weight excluding hydrogens is 446 g/mol. The Labute approximate surface area is 187 Å². The summed E-state index contributed by atoms with van der Waals surface area (Å²) in [5, 5.41) is 2.92. The molecule has 1 amide bonds. The Balaban J connectivity index is 1.47. The first-order chi connectivity index (χ1) is 14.7. The van der Waals surface area contributed by atoms with E-state index in [1.807, 2.05) is 24.3 Å². The van der Waals surface area contributed by atoms with Crippen molar-refractivity contribution in [1.29, 1.82) is 0 Å². The Morgan fingerprint density at radius 2 is 1.77 bits per heavy atom. The van der Waals surface area contributed by atoms with E-state index < -0.39 is 0 Å². The fourth-order valence-corrected chi connectivity index (χ4v) is 4.14. The number of anilines is 1. The van der Waals surface area contributed by atoms with E-state index >= 15 is 0 Å². The summed E-state index contributed by atoms with van der Waals surface area (Å²) in [6.45, 7) is 1.72. The lowest BCUT2D eigenvalue weighted by Crippen LogP contribution is -2.12. The molecule has 0 bridgehead atoms. The predicted molar refractivity (Wildman–Crippen MR) is 123 cm³/mol. The standard InChI is InChI=1S/C24H30BrNO4/c1-28-15-16-30-23-12-7-19(17-22(23)25)24(27)26-20-8-10-21(11-9-20)29-14-13-18-5-3-2-4-6-18/h7-12,17-18H,2-6,13-16H2,1H3,(H,26,27). The highest BCUT2D eigenvalue weighted by Gasteiger charge is 2.13. The largest absolute Gasteiger partial charge is 0.494 e. The maximum atomic E-state index is 12.5. The lowest BCUT2D eigenvalue weighted by atomic mass is 9.87. The smallest absolute Gasteiger partial charge is 0.255 e. The van der Waals surface area contributed by atoms with Gasteiger partial charge in [-0.25, -0.2) is 0 Å². The zero-order valence-electron chi connectivity index (χ0n) is 17.5. The number of carbonyl (C=O) groups is 1. The van der Waals surface area contributed by atoms with Gasteiger partial charge in [-0.3, -0.25) is 4.79 Å². The molecule has 1 saturated carbocycles. The molecule has 0 spiro atoms. The topological polar surface area (TPSA) is 56.8 Å². The van der Waals surface area contributed by atoms with Crippen molar-refractivity contribution >= 4 is 27.5 Å². The molecule has 0 unspecified atom stereocenters. The van der Waals surface area contributed by atoms with Crippen molar-refractivity contribution in [2.45, 2.75) is 38.5 Å². The van der Waals surface area contributed by atoms with Gasteiger partial charge < -0.3 is 19.5 Å². The summed E-state index contributed by atoms with van der Waals surface area (Å²) in [7, 11) is 1.63. The average Bonchev–Trinajstić information content (AvgIpc) is 2.77. The van der Waals surface area contributed by atoms with Gasteiger partial charge in [0.25, 0.3) is 5.91 Å². The Morgan fingerprint density at radius 3 is 2.47 bits per heavy atom. The number of methoxy groups -OCH3 is 1. The van der Waals surface area contributed by atoms with Crippen LogP contribution in [0.2, 0.25) is 0 Å². The molecule has 1 aliphatic rings. The monoisotopic (exact) mass is 475 g/mol. The molecule has 0 radical (unpaired) electrons. The summed E-state index contributed by atoms with van der Waals surface area (Å²) in [5.74, 6) is 2.15. The average molecular weight is 476 g/mol. The lowest BCUT2D eigenvalue weighted by molar-refractivity contribution is 0.102. The molecule has 1 fully saturated rings. The van der Waals surface area contributed by atoms with Gasteiger partial charge in [0.15, 0.2) is 0 Å². The quantitative estimate of drug-likeness (QED) is 0.423. The number of nitrogens with one attached hydrogen (secondary N) is 1. The number of hydrogen-bond acceptors (Lipinski definition) is 4. The minimum Gasteiger partial charge on any atom is -0.494 e. The van der Waals surface area contributed by atoms with E-state index in [0.717, 1.165) is 34.9 Å². The molecule has 3 rings (SSSR count). The first-order valence-electron chi connectivity index (χ1n) is 10.6. The third-order valence-electron chi connectivity index (χ3n) is 5.37. The van der Waals surface area contributed by atoms with Crippen LogP contribution in [-0.2, 0) is 4.74 Å². The zero-order valence-corrected chi connectivity index (χ0v) is 19.1. The van der Waals surface area contributed by atoms with Crippen LogP contribution >= 0.6 is 15.9 Å². The molecule has 6 heteroatoms. The second-order valence-corrected chi connectivity index (χ2v) is 8.46. The number of benzene rings is 2. The van der Waals surface area contributed by atoms with Crippen molar-refractivity contribution in [2.75, 3.05) is 32.2 Å². The van der Waals surface area contributed by atoms with E-state index in [9.17, 15) is 4.79 Å². The van der Waals surface area contributed by atoms with Crippen molar-refractivity contribution < 1.29 is 19.0 Å². The SMILES string of the molecule is COCCOc1ccc(C(=O)Nc2ccc(OCCC3CCCCC3)cc2)cc1Br. The molecule has 0 heterocycles. The van der Waals surface area contributed by atoms with Gasteiger partial charge in [-0.1, -0.05) is 32.1 Å². The Kier molecular flexibility index (Phi) is 9.02. The van der Waals surface area contributed by atoms with Crippen molar-refractivity contribution in [3.8, 4) is 11.5 Å². The molecule has 30 heavy (non-hydrogen) atoms. The first kappa shape index (κ1) is 22.6. The zero-order chi connectivity index (χ0) is 21.2. The maximum Gasteiger partial charge on any atom is 0.255 e. The first-order valence-corrected chi connectivity index (χ1v) is 11.4. The maximum absolute atomic E-state index is 12.5. The molecule has 0 atom stereocenters. The highest BCUT2D eigenvalue weighted by atomic mass is 79.9. The molecule has 1 N–H and O–H groups in total. The molecule has 2 aromatic carbocycles. The van der Waals surface area contributed by atoms with Crippen LogP contribution in [0, 0.1) is 5.92 Å². The summed E-state index contributed by atoms with van der Waals surface area (Å²) < 4.78 is 17.2.